The lowest BCUT2D eigenvalue weighted by atomic mass is 9.99. The van der Waals surface area contributed by atoms with Crippen LogP contribution in [0.5, 0.6) is 0 Å². The largest absolute Gasteiger partial charge is 0.397 e. The van der Waals surface area contributed by atoms with Gasteiger partial charge >= 0.3 is 0 Å². The smallest absolute Gasteiger partial charge is 0.266 e. The lowest BCUT2D eigenvalue weighted by Crippen LogP contribution is -2.37. The molecule has 124 valence electrons. The summed E-state index contributed by atoms with van der Waals surface area (Å²) >= 11 is 1.42. The van der Waals surface area contributed by atoms with Gasteiger partial charge in [0, 0.05) is 23.9 Å². The fourth-order valence-corrected chi connectivity index (χ4v) is 4.37. The third-order valence-electron chi connectivity index (χ3n) is 4.94. The van der Waals surface area contributed by atoms with Crippen molar-refractivity contribution >= 4 is 44.1 Å². The second-order valence-electron chi connectivity index (χ2n) is 6.86. The van der Waals surface area contributed by atoms with Gasteiger partial charge in [-0.15, -0.1) is 11.3 Å². The normalized spacial score (nSPS) is 16.2. The van der Waals surface area contributed by atoms with E-state index in [1.165, 1.54) is 16.9 Å². The van der Waals surface area contributed by atoms with Gasteiger partial charge in [-0.05, 0) is 43.4 Å². The highest BCUT2D eigenvalue weighted by Gasteiger charge is 2.25. The monoisotopic (exact) mass is 339 g/mol. The maximum Gasteiger partial charge on any atom is 0.266 e. The van der Waals surface area contributed by atoms with Gasteiger partial charge < -0.3 is 10.6 Å². The molecule has 5 heteroatoms. The van der Waals surface area contributed by atoms with Crippen molar-refractivity contribution in [1.29, 1.82) is 0 Å². The Morgan fingerprint density at radius 1 is 1.29 bits per heavy atom. The molecule has 1 saturated heterocycles. The number of fused-ring (bicyclic) bond motifs is 2. The molecule has 4 nitrogen and oxygen atoms in total. The van der Waals surface area contributed by atoms with Crippen molar-refractivity contribution < 1.29 is 4.79 Å². The van der Waals surface area contributed by atoms with Crippen LogP contribution in [0.2, 0.25) is 0 Å². The molecule has 2 N–H and O–H groups in total. The Hall–Kier alpha value is -2.14. The fraction of sp³-hybridized carbons (Fsp3) is 0.368. The lowest BCUT2D eigenvalue weighted by Gasteiger charge is -2.30. The number of anilines is 1. The predicted molar refractivity (Wildman–Crippen MR) is 101 cm³/mol. The Morgan fingerprint density at radius 2 is 2.04 bits per heavy atom. The summed E-state index contributed by atoms with van der Waals surface area (Å²) in [5, 5.41) is 1.95. The molecule has 1 amide bonds. The number of thiophene rings is 1. The quantitative estimate of drug-likeness (QED) is 0.722. The zero-order chi connectivity index (χ0) is 16.8. The summed E-state index contributed by atoms with van der Waals surface area (Å²) in [6.45, 7) is 5.94. The first-order valence-corrected chi connectivity index (χ1v) is 9.23. The van der Waals surface area contributed by atoms with Crippen molar-refractivity contribution in [3.8, 4) is 0 Å². The van der Waals surface area contributed by atoms with Gasteiger partial charge in [-0.1, -0.05) is 19.1 Å². The van der Waals surface area contributed by atoms with Crippen molar-refractivity contribution in [2.45, 2.75) is 26.7 Å². The Balaban J connectivity index is 1.77. The number of aryl methyl sites for hydroxylation is 1. The standard InChI is InChI=1S/C19H21N3OS/c1-11-5-7-22(8-6-11)19(23)17-16(20)14-10-13-4-3-12(2)9-15(13)21-18(14)24-17/h3-4,9-11H,5-8,20H2,1-2H3. The third-order valence-corrected chi connectivity index (χ3v) is 6.04. The summed E-state index contributed by atoms with van der Waals surface area (Å²) in [6, 6.07) is 8.25. The molecule has 2 aromatic heterocycles. The van der Waals surface area contributed by atoms with Gasteiger partial charge in [0.15, 0.2) is 0 Å². The molecule has 0 bridgehead atoms. The molecule has 0 spiro atoms. The van der Waals surface area contributed by atoms with E-state index in [-0.39, 0.29) is 5.91 Å². The fourth-order valence-electron chi connectivity index (χ4n) is 3.32. The van der Waals surface area contributed by atoms with Gasteiger partial charge in [-0.25, -0.2) is 4.98 Å². The number of nitrogens with zero attached hydrogens (tertiary/aromatic N) is 2. The van der Waals surface area contributed by atoms with E-state index in [0.29, 0.717) is 16.5 Å². The summed E-state index contributed by atoms with van der Waals surface area (Å²) in [6.07, 6.45) is 2.13. The molecule has 3 heterocycles. The van der Waals surface area contributed by atoms with Gasteiger partial charge in [0.05, 0.1) is 11.2 Å². The number of carbonyl (C=O) groups is 1. The highest BCUT2D eigenvalue weighted by atomic mass is 32.1. The van der Waals surface area contributed by atoms with Crippen molar-refractivity contribution in [3.63, 3.8) is 0 Å². The third kappa shape index (κ3) is 2.53. The molecule has 0 saturated carbocycles. The van der Waals surface area contributed by atoms with Crippen LogP contribution in [0.3, 0.4) is 0 Å². The first-order valence-electron chi connectivity index (χ1n) is 8.41. The van der Waals surface area contributed by atoms with Crippen LogP contribution >= 0.6 is 11.3 Å². The first-order chi connectivity index (χ1) is 11.5. The number of aromatic nitrogens is 1. The van der Waals surface area contributed by atoms with Crippen molar-refractivity contribution in [3.05, 3.63) is 34.7 Å². The van der Waals surface area contributed by atoms with Crippen molar-refractivity contribution in [2.75, 3.05) is 18.8 Å². The molecule has 1 aliphatic heterocycles. The Kier molecular flexibility index (Phi) is 3.68. The Bertz CT molecular complexity index is 939. The summed E-state index contributed by atoms with van der Waals surface area (Å²) in [4.78, 5) is 21.0. The van der Waals surface area contributed by atoms with E-state index in [2.05, 4.69) is 38.1 Å². The number of nitrogen functional groups attached to an aromatic ring is 1. The molecule has 1 fully saturated rings. The molecule has 0 aliphatic carbocycles. The Labute approximate surface area is 145 Å². The van der Waals surface area contributed by atoms with Gasteiger partial charge in [-0.3, -0.25) is 4.79 Å². The average Bonchev–Trinajstić information content (AvgIpc) is 2.89. The first kappa shape index (κ1) is 15.4. The van der Waals surface area contributed by atoms with E-state index >= 15 is 0 Å². The molecule has 24 heavy (non-hydrogen) atoms. The van der Waals surface area contributed by atoms with E-state index in [4.69, 9.17) is 10.7 Å². The van der Waals surface area contributed by atoms with E-state index in [1.807, 2.05) is 4.90 Å². The molecule has 0 atom stereocenters. The van der Waals surface area contributed by atoms with E-state index in [9.17, 15) is 4.79 Å². The number of amides is 1. The van der Waals surface area contributed by atoms with Gasteiger partial charge in [-0.2, -0.15) is 0 Å². The maximum atomic E-state index is 12.9. The van der Waals surface area contributed by atoms with E-state index in [0.717, 1.165) is 47.1 Å². The highest BCUT2D eigenvalue weighted by Crippen LogP contribution is 2.36. The molecular formula is C19H21N3OS. The molecule has 1 aliphatic rings. The molecule has 1 aromatic carbocycles. The van der Waals surface area contributed by atoms with Crippen LogP contribution in [0.15, 0.2) is 24.3 Å². The average molecular weight is 339 g/mol. The number of likely N-dealkylation sites (tertiary alicyclic amines) is 1. The zero-order valence-corrected chi connectivity index (χ0v) is 14.8. The number of pyridine rings is 1. The lowest BCUT2D eigenvalue weighted by molar-refractivity contribution is 0.0703. The van der Waals surface area contributed by atoms with Gasteiger partial charge in [0.1, 0.15) is 9.71 Å². The van der Waals surface area contributed by atoms with Gasteiger partial charge in [0.2, 0.25) is 0 Å². The van der Waals surface area contributed by atoms with E-state index in [1.54, 1.807) is 0 Å². The minimum atomic E-state index is 0.0580. The minimum absolute atomic E-state index is 0.0580. The minimum Gasteiger partial charge on any atom is -0.397 e. The van der Waals surface area contributed by atoms with Crippen LogP contribution in [0.25, 0.3) is 21.1 Å². The van der Waals surface area contributed by atoms with Crippen LogP contribution in [0.1, 0.15) is 35.0 Å². The molecular weight excluding hydrogens is 318 g/mol. The van der Waals surface area contributed by atoms with Crippen LogP contribution < -0.4 is 5.73 Å². The van der Waals surface area contributed by atoms with Gasteiger partial charge in [0.25, 0.3) is 5.91 Å². The molecule has 0 unspecified atom stereocenters. The number of hydrogen-bond acceptors (Lipinski definition) is 4. The van der Waals surface area contributed by atoms with E-state index < -0.39 is 0 Å². The van der Waals surface area contributed by atoms with Crippen LogP contribution in [-0.4, -0.2) is 28.9 Å². The summed E-state index contributed by atoms with van der Waals surface area (Å²) < 4.78 is 0. The summed E-state index contributed by atoms with van der Waals surface area (Å²) in [5.74, 6) is 0.756. The SMILES string of the molecule is Cc1ccc2cc3c(N)c(C(=O)N4CCC(C)CC4)sc3nc2c1. The summed E-state index contributed by atoms with van der Waals surface area (Å²) in [5.41, 5.74) is 9.03. The second-order valence-corrected chi connectivity index (χ2v) is 7.86. The summed E-state index contributed by atoms with van der Waals surface area (Å²) in [7, 11) is 0. The highest BCUT2D eigenvalue weighted by molar-refractivity contribution is 7.21. The number of piperidine rings is 1. The topological polar surface area (TPSA) is 59.2 Å². The maximum absolute atomic E-state index is 12.9. The Morgan fingerprint density at radius 3 is 2.79 bits per heavy atom. The van der Waals surface area contributed by atoms with Crippen LogP contribution in [0, 0.1) is 12.8 Å². The number of nitrogens with two attached hydrogens (primary N) is 1. The number of hydrogen-bond donors (Lipinski definition) is 1. The number of rotatable bonds is 1. The number of carbonyl (C=O) groups excluding carboxylic acids is 1. The molecule has 0 radical (unpaired) electrons. The van der Waals surface area contributed by atoms with Crippen LogP contribution in [-0.2, 0) is 0 Å². The van der Waals surface area contributed by atoms with Crippen LogP contribution in [0.4, 0.5) is 5.69 Å². The predicted octanol–water partition coefficient (Wildman–Crippen LogP) is 4.21. The van der Waals surface area contributed by atoms with Crippen molar-refractivity contribution in [2.24, 2.45) is 5.92 Å². The molecule has 4 rings (SSSR count). The number of benzene rings is 1. The molecule has 3 aromatic rings. The van der Waals surface area contributed by atoms with Crippen molar-refractivity contribution in [1.82, 2.24) is 9.88 Å². The zero-order valence-electron chi connectivity index (χ0n) is 14.0. The second kappa shape index (κ2) is 5.74.